The maximum absolute atomic E-state index is 12.9. The van der Waals surface area contributed by atoms with Gasteiger partial charge in [-0.3, -0.25) is 28.8 Å². The highest BCUT2D eigenvalue weighted by Gasteiger charge is 2.32. The van der Waals surface area contributed by atoms with Crippen molar-refractivity contribution >= 4 is 41.5 Å². The monoisotopic (exact) mass is 508 g/mol. The van der Waals surface area contributed by atoms with Crippen molar-refractivity contribution in [1.82, 2.24) is 16.0 Å². The summed E-state index contributed by atoms with van der Waals surface area (Å²) in [4.78, 5) is 82.7. The Morgan fingerprint density at radius 2 is 1.19 bits per heavy atom. The molecule has 1 aromatic carbocycles. The summed E-state index contributed by atoms with van der Waals surface area (Å²) in [5.41, 5.74) is 16.1. The van der Waals surface area contributed by atoms with Gasteiger partial charge in [0.05, 0.1) is 25.3 Å². The number of hydrogen-bond donors (Lipinski definition) is 8. The van der Waals surface area contributed by atoms with Gasteiger partial charge < -0.3 is 43.4 Å². The van der Waals surface area contributed by atoms with E-state index in [2.05, 4.69) is 16.0 Å². The number of amides is 5. The van der Waals surface area contributed by atoms with Crippen LogP contribution in [0, 0.1) is 0 Å². The number of carboxylic acids is 2. The summed E-state index contributed by atoms with van der Waals surface area (Å²) in [6, 6.07) is 1.92. The molecular formula is C21H28N6O9. The van der Waals surface area contributed by atoms with E-state index >= 15 is 0 Å². The lowest BCUT2D eigenvalue weighted by molar-refractivity contribution is -0.144. The molecule has 4 atom stereocenters. The number of hydrogen-bond acceptors (Lipinski definition) is 8. The van der Waals surface area contributed by atoms with Crippen LogP contribution in [0.1, 0.15) is 24.8 Å². The van der Waals surface area contributed by atoms with Gasteiger partial charge in [0.25, 0.3) is 0 Å². The summed E-state index contributed by atoms with van der Waals surface area (Å²) < 4.78 is 0. The molecule has 0 spiro atoms. The first-order chi connectivity index (χ1) is 16.8. The van der Waals surface area contributed by atoms with Crippen molar-refractivity contribution in [1.29, 1.82) is 0 Å². The maximum Gasteiger partial charge on any atom is 0.326 e. The number of carboxylic acid groups (broad SMARTS) is 2. The van der Waals surface area contributed by atoms with E-state index in [1.165, 1.54) is 0 Å². The highest BCUT2D eigenvalue weighted by molar-refractivity contribution is 5.97. The van der Waals surface area contributed by atoms with Gasteiger partial charge in [-0.15, -0.1) is 0 Å². The smallest absolute Gasteiger partial charge is 0.326 e. The van der Waals surface area contributed by atoms with Crippen molar-refractivity contribution in [3.63, 3.8) is 0 Å². The second kappa shape index (κ2) is 14.0. The van der Waals surface area contributed by atoms with Gasteiger partial charge in [0, 0.05) is 6.42 Å². The van der Waals surface area contributed by atoms with Gasteiger partial charge >= 0.3 is 11.9 Å². The van der Waals surface area contributed by atoms with Crippen LogP contribution in [0.2, 0.25) is 0 Å². The van der Waals surface area contributed by atoms with Crippen molar-refractivity contribution in [2.24, 2.45) is 17.2 Å². The van der Waals surface area contributed by atoms with Crippen LogP contribution >= 0.6 is 0 Å². The van der Waals surface area contributed by atoms with Gasteiger partial charge in [-0.05, 0) is 5.56 Å². The maximum atomic E-state index is 12.9. The zero-order chi connectivity index (χ0) is 27.4. The van der Waals surface area contributed by atoms with Gasteiger partial charge in [-0.2, -0.15) is 0 Å². The Bertz CT molecular complexity index is 1000. The van der Waals surface area contributed by atoms with Gasteiger partial charge in [0.15, 0.2) is 0 Å². The highest BCUT2D eigenvalue weighted by atomic mass is 16.4. The minimum absolute atomic E-state index is 0.156. The fourth-order valence-corrected chi connectivity index (χ4v) is 2.98. The first-order valence-corrected chi connectivity index (χ1v) is 10.5. The van der Waals surface area contributed by atoms with Gasteiger partial charge in [0.1, 0.15) is 18.1 Å². The van der Waals surface area contributed by atoms with E-state index in [4.69, 9.17) is 22.3 Å². The van der Waals surface area contributed by atoms with E-state index in [9.17, 15) is 38.7 Å². The molecule has 11 N–H and O–H groups in total. The van der Waals surface area contributed by atoms with Crippen LogP contribution < -0.4 is 33.2 Å². The van der Waals surface area contributed by atoms with E-state index in [-0.39, 0.29) is 6.42 Å². The van der Waals surface area contributed by atoms with E-state index in [1.54, 1.807) is 30.3 Å². The lowest BCUT2D eigenvalue weighted by Crippen LogP contribution is -2.58. The van der Waals surface area contributed by atoms with E-state index < -0.39 is 84.9 Å². The number of aliphatic carboxylic acids is 2. The second-order valence-electron chi connectivity index (χ2n) is 7.76. The topological polar surface area (TPSA) is 274 Å². The normalized spacial score (nSPS) is 13.8. The Labute approximate surface area is 204 Å². The molecule has 0 aliphatic carbocycles. The molecule has 15 heteroatoms. The third-order valence-corrected chi connectivity index (χ3v) is 4.71. The van der Waals surface area contributed by atoms with Crippen LogP contribution in [0.5, 0.6) is 0 Å². The summed E-state index contributed by atoms with van der Waals surface area (Å²) in [6.45, 7) is 0. The van der Waals surface area contributed by atoms with Crippen LogP contribution in [0.25, 0.3) is 0 Å². The van der Waals surface area contributed by atoms with Crippen LogP contribution in [-0.4, -0.2) is 75.9 Å². The lowest BCUT2D eigenvalue weighted by Gasteiger charge is -2.24. The Hall–Kier alpha value is -4.53. The van der Waals surface area contributed by atoms with Crippen molar-refractivity contribution in [3.05, 3.63) is 35.9 Å². The molecule has 1 rings (SSSR count). The largest absolute Gasteiger partial charge is 0.481 e. The predicted molar refractivity (Wildman–Crippen MR) is 121 cm³/mol. The molecule has 15 nitrogen and oxygen atoms in total. The number of carbonyl (C=O) groups excluding carboxylic acids is 5. The number of benzene rings is 1. The molecule has 0 bridgehead atoms. The molecule has 0 fully saturated rings. The molecule has 0 aromatic heterocycles. The molecule has 1 aromatic rings. The molecule has 4 unspecified atom stereocenters. The molecular weight excluding hydrogens is 480 g/mol. The van der Waals surface area contributed by atoms with Gasteiger partial charge in [-0.1, -0.05) is 30.3 Å². The van der Waals surface area contributed by atoms with Crippen molar-refractivity contribution in [3.8, 4) is 0 Å². The van der Waals surface area contributed by atoms with E-state index in [0.717, 1.165) is 0 Å². The van der Waals surface area contributed by atoms with E-state index in [1.807, 2.05) is 0 Å². The van der Waals surface area contributed by atoms with Crippen LogP contribution in [-0.2, 0) is 40.0 Å². The summed E-state index contributed by atoms with van der Waals surface area (Å²) in [7, 11) is 0. The number of nitrogens with two attached hydrogens (primary N) is 3. The quantitative estimate of drug-likeness (QED) is 0.115. The minimum atomic E-state index is -1.71. The van der Waals surface area contributed by atoms with Crippen molar-refractivity contribution in [2.75, 3.05) is 0 Å². The third-order valence-electron chi connectivity index (χ3n) is 4.71. The molecule has 0 radical (unpaired) electrons. The fourth-order valence-electron chi connectivity index (χ4n) is 2.98. The van der Waals surface area contributed by atoms with Gasteiger partial charge in [-0.25, -0.2) is 4.79 Å². The average molecular weight is 508 g/mol. The summed E-state index contributed by atoms with van der Waals surface area (Å²) >= 11 is 0. The minimum Gasteiger partial charge on any atom is -0.481 e. The molecule has 196 valence electrons. The SMILES string of the molecule is NC(=O)CC(N)C(=O)NC(CC(=O)O)C(=O)NC(Cc1ccccc1)C(=O)NC(CC(N)=O)C(=O)O. The number of rotatable bonds is 15. The molecule has 0 saturated carbocycles. The van der Waals surface area contributed by atoms with Crippen LogP contribution in [0.4, 0.5) is 0 Å². The summed E-state index contributed by atoms with van der Waals surface area (Å²) in [6.07, 6.45) is -2.35. The average Bonchev–Trinajstić information content (AvgIpc) is 2.77. The Morgan fingerprint density at radius 3 is 1.69 bits per heavy atom. The highest BCUT2D eigenvalue weighted by Crippen LogP contribution is 2.06. The van der Waals surface area contributed by atoms with Crippen LogP contribution in [0.15, 0.2) is 30.3 Å². The Morgan fingerprint density at radius 1 is 0.694 bits per heavy atom. The molecule has 5 amide bonds. The van der Waals surface area contributed by atoms with Gasteiger partial charge in [0.2, 0.25) is 29.5 Å². The summed E-state index contributed by atoms with van der Waals surface area (Å²) in [5.74, 6) is -8.07. The van der Waals surface area contributed by atoms with Crippen molar-refractivity contribution < 1.29 is 43.8 Å². The zero-order valence-corrected chi connectivity index (χ0v) is 19.0. The van der Waals surface area contributed by atoms with Crippen molar-refractivity contribution in [2.45, 2.75) is 49.9 Å². The molecule has 0 heterocycles. The van der Waals surface area contributed by atoms with E-state index in [0.29, 0.717) is 5.56 Å². The molecule has 0 aliphatic rings. The summed E-state index contributed by atoms with van der Waals surface area (Å²) in [5, 5.41) is 24.9. The molecule has 36 heavy (non-hydrogen) atoms. The number of primary amides is 2. The van der Waals surface area contributed by atoms with Crippen LogP contribution in [0.3, 0.4) is 0 Å². The number of carbonyl (C=O) groups is 7. The third kappa shape index (κ3) is 10.6. The molecule has 0 saturated heterocycles. The standard InChI is InChI=1S/C21H28N6O9/c22-11(7-15(23)28)18(32)25-13(9-17(30)31)20(34)26-12(6-10-4-2-1-3-5-10)19(33)27-14(21(35)36)8-16(24)29/h1-5,11-14H,6-9,22H2,(H2,23,28)(H2,24,29)(H,25,32)(H,26,34)(H,27,33)(H,30,31)(H,35,36). The molecule has 0 aliphatic heterocycles. The number of nitrogens with one attached hydrogen (secondary N) is 3. The fraction of sp³-hybridized carbons (Fsp3) is 0.381. The first-order valence-electron chi connectivity index (χ1n) is 10.5. The lowest BCUT2D eigenvalue weighted by atomic mass is 10.0. The first kappa shape index (κ1) is 29.5. The zero-order valence-electron chi connectivity index (χ0n) is 19.0. The second-order valence-corrected chi connectivity index (χ2v) is 7.76. The Kier molecular flexibility index (Phi) is 11.5. The Balaban J connectivity index is 3.14. The predicted octanol–water partition coefficient (Wildman–Crippen LogP) is -3.68.